The van der Waals surface area contributed by atoms with Crippen LogP contribution >= 0.6 is 11.3 Å². The van der Waals surface area contributed by atoms with Gasteiger partial charge in [-0.2, -0.15) is 0 Å². The number of nitrogens with one attached hydrogen (secondary N) is 1. The van der Waals surface area contributed by atoms with Gasteiger partial charge in [0.05, 0.1) is 17.7 Å². The summed E-state index contributed by atoms with van der Waals surface area (Å²) in [5, 5.41) is 4.20. The number of rotatable bonds is 5. The van der Waals surface area contributed by atoms with Gasteiger partial charge in [0.25, 0.3) is 5.56 Å². The van der Waals surface area contributed by atoms with Gasteiger partial charge in [-0.3, -0.25) is 9.69 Å². The minimum Gasteiger partial charge on any atom is -0.374 e. The number of hydrogen-bond acceptors (Lipinski definition) is 7. The van der Waals surface area contributed by atoms with E-state index in [1.807, 2.05) is 13.1 Å². The number of morpholine rings is 1. The van der Waals surface area contributed by atoms with Crippen molar-refractivity contribution in [1.82, 2.24) is 19.4 Å². The van der Waals surface area contributed by atoms with Crippen molar-refractivity contribution < 1.29 is 4.74 Å². The van der Waals surface area contributed by atoms with Crippen LogP contribution in [0, 0.1) is 6.92 Å². The summed E-state index contributed by atoms with van der Waals surface area (Å²) in [6.07, 6.45) is 5.25. The fraction of sp³-hybridized carbons (Fsp3) is 0.533. The van der Waals surface area contributed by atoms with Gasteiger partial charge in [-0.05, 0) is 6.92 Å². The number of aryl methyl sites for hydroxylation is 2. The van der Waals surface area contributed by atoms with E-state index < -0.39 is 0 Å². The lowest BCUT2D eigenvalue weighted by Crippen LogP contribution is -2.45. The first-order valence-electron chi connectivity index (χ1n) is 7.62. The van der Waals surface area contributed by atoms with Crippen LogP contribution in [0.2, 0.25) is 0 Å². The number of aromatic nitrogens is 3. The quantitative estimate of drug-likeness (QED) is 0.874. The summed E-state index contributed by atoms with van der Waals surface area (Å²) in [5.41, 5.74) is -0.125. The van der Waals surface area contributed by atoms with Gasteiger partial charge < -0.3 is 14.6 Å². The van der Waals surface area contributed by atoms with E-state index in [0.29, 0.717) is 19.0 Å². The lowest BCUT2D eigenvalue weighted by molar-refractivity contribution is -0.0237. The number of anilines is 1. The van der Waals surface area contributed by atoms with Crippen LogP contribution in [0.25, 0.3) is 0 Å². The summed E-state index contributed by atoms with van der Waals surface area (Å²) in [4.78, 5) is 24.0. The number of nitrogens with zero attached hydrogens (tertiary/aromatic N) is 4. The topological polar surface area (TPSA) is 72.3 Å². The van der Waals surface area contributed by atoms with Crippen LogP contribution in [0.15, 0.2) is 23.4 Å². The summed E-state index contributed by atoms with van der Waals surface area (Å²) in [6.45, 7) is 5.94. The van der Waals surface area contributed by atoms with E-state index in [9.17, 15) is 4.79 Å². The zero-order valence-corrected chi connectivity index (χ0v) is 14.2. The van der Waals surface area contributed by atoms with E-state index in [4.69, 9.17) is 4.74 Å². The molecule has 8 heteroatoms. The predicted molar refractivity (Wildman–Crippen MR) is 89.8 cm³/mol. The van der Waals surface area contributed by atoms with Crippen molar-refractivity contribution >= 4 is 17.2 Å². The summed E-state index contributed by atoms with van der Waals surface area (Å²) in [5.74, 6) is 0.369. The molecule has 0 amide bonds. The average Bonchev–Trinajstić information content (AvgIpc) is 2.94. The highest BCUT2D eigenvalue weighted by atomic mass is 32.1. The fourth-order valence-electron chi connectivity index (χ4n) is 2.58. The SMILES string of the molecule is Cc1ncc(CN2CCO[C@@H](CNc3nccn(C)c3=O)C2)s1. The molecule has 1 atom stereocenters. The van der Waals surface area contributed by atoms with Crippen molar-refractivity contribution in [1.29, 1.82) is 0 Å². The predicted octanol–water partition coefficient (Wildman–Crippen LogP) is 0.858. The fourth-order valence-corrected chi connectivity index (χ4v) is 3.41. The molecule has 23 heavy (non-hydrogen) atoms. The lowest BCUT2D eigenvalue weighted by atomic mass is 10.2. The van der Waals surface area contributed by atoms with Gasteiger partial charge in [-0.25, -0.2) is 9.97 Å². The molecule has 7 nitrogen and oxygen atoms in total. The van der Waals surface area contributed by atoms with E-state index in [1.54, 1.807) is 30.8 Å². The van der Waals surface area contributed by atoms with Crippen molar-refractivity contribution in [2.45, 2.75) is 19.6 Å². The van der Waals surface area contributed by atoms with Gasteiger partial charge in [0, 0.05) is 56.7 Å². The van der Waals surface area contributed by atoms with Crippen molar-refractivity contribution in [3.8, 4) is 0 Å². The Kier molecular flexibility index (Phi) is 5.04. The van der Waals surface area contributed by atoms with Gasteiger partial charge in [-0.15, -0.1) is 11.3 Å². The Labute approximate surface area is 138 Å². The molecule has 3 heterocycles. The molecule has 0 saturated carbocycles. The molecule has 1 aliphatic rings. The maximum absolute atomic E-state index is 11.9. The van der Waals surface area contributed by atoms with E-state index in [-0.39, 0.29) is 11.7 Å². The first-order chi connectivity index (χ1) is 11.1. The monoisotopic (exact) mass is 335 g/mol. The molecule has 1 saturated heterocycles. The maximum atomic E-state index is 11.9. The molecule has 2 aromatic rings. The second kappa shape index (κ2) is 7.20. The Hall–Kier alpha value is -1.77. The lowest BCUT2D eigenvalue weighted by Gasteiger charge is -2.32. The van der Waals surface area contributed by atoms with Crippen molar-refractivity contribution in [2.75, 3.05) is 31.6 Å². The van der Waals surface area contributed by atoms with Gasteiger partial charge in [0.15, 0.2) is 5.82 Å². The first-order valence-corrected chi connectivity index (χ1v) is 8.44. The molecule has 1 N–H and O–H groups in total. The molecule has 1 aliphatic heterocycles. The van der Waals surface area contributed by atoms with Gasteiger partial charge in [-0.1, -0.05) is 0 Å². The Morgan fingerprint density at radius 1 is 1.48 bits per heavy atom. The highest BCUT2D eigenvalue weighted by Crippen LogP contribution is 2.16. The molecular weight excluding hydrogens is 314 g/mol. The number of hydrogen-bond donors (Lipinski definition) is 1. The van der Waals surface area contributed by atoms with Crippen molar-refractivity contribution in [2.24, 2.45) is 7.05 Å². The molecular formula is C15H21N5O2S. The normalized spacial score (nSPS) is 19.0. The highest BCUT2D eigenvalue weighted by Gasteiger charge is 2.21. The van der Waals surface area contributed by atoms with E-state index in [0.717, 1.165) is 24.6 Å². The van der Waals surface area contributed by atoms with Crippen molar-refractivity contribution in [3.63, 3.8) is 0 Å². The molecule has 0 unspecified atom stereocenters. The van der Waals surface area contributed by atoms with Crippen LogP contribution in [-0.4, -0.2) is 51.8 Å². The molecule has 0 bridgehead atoms. The second-order valence-corrected chi connectivity index (χ2v) is 6.97. The molecule has 1 fully saturated rings. The Bertz CT molecular complexity index is 714. The van der Waals surface area contributed by atoms with Crippen LogP contribution in [-0.2, 0) is 18.3 Å². The number of thiazole rings is 1. The maximum Gasteiger partial charge on any atom is 0.293 e. The largest absolute Gasteiger partial charge is 0.374 e. The zero-order valence-electron chi connectivity index (χ0n) is 13.4. The van der Waals surface area contributed by atoms with E-state index in [2.05, 4.69) is 20.2 Å². The third-order valence-corrected chi connectivity index (χ3v) is 4.68. The molecule has 2 aromatic heterocycles. The number of ether oxygens (including phenoxy) is 1. The van der Waals surface area contributed by atoms with Gasteiger partial charge in [0.1, 0.15) is 0 Å². The minimum absolute atomic E-state index is 0.0458. The summed E-state index contributed by atoms with van der Waals surface area (Å²) in [7, 11) is 1.71. The minimum atomic E-state index is -0.125. The Morgan fingerprint density at radius 2 is 2.35 bits per heavy atom. The van der Waals surface area contributed by atoms with Crippen LogP contribution in [0.1, 0.15) is 9.88 Å². The molecule has 0 aromatic carbocycles. The summed E-state index contributed by atoms with van der Waals surface area (Å²) >= 11 is 1.73. The van der Waals surface area contributed by atoms with Crippen molar-refractivity contribution in [3.05, 3.63) is 38.8 Å². The average molecular weight is 335 g/mol. The smallest absolute Gasteiger partial charge is 0.293 e. The third-order valence-electron chi connectivity index (χ3n) is 3.79. The third kappa shape index (κ3) is 4.15. The van der Waals surface area contributed by atoms with Crippen LogP contribution < -0.4 is 10.9 Å². The summed E-state index contributed by atoms with van der Waals surface area (Å²) in [6, 6.07) is 0. The molecule has 0 radical (unpaired) electrons. The van der Waals surface area contributed by atoms with E-state index in [1.165, 1.54) is 9.44 Å². The Morgan fingerprint density at radius 3 is 3.13 bits per heavy atom. The standard InChI is InChI=1S/C15H21N5O2S/c1-11-17-8-13(23-11)10-20-5-6-22-12(9-20)7-18-14-15(21)19(2)4-3-16-14/h3-4,8,12H,5-7,9-10H2,1-2H3,(H,16,18)/t12-/m0/s1. The van der Waals surface area contributed by atoms with E-state index >= 15 is 0 Å². The summed E-state index contributed by atoms with van der Waals surface area (Å²) < 4.78 is 7.30. The molecule has 0 spiro atoms. The molecule has 3 rings (SSSR count). The van der Waals surface area contributed by atoms with Gasteiger partial charge >= 0.3 is 0 Å². The second-order valence-electron chi connectivity index (χ2n) is 5.65. The zero-order chi connectivity index (χ0) is 16.2. The molecule has 0 aliphatic carbocycles. The van der Waals surface area contributed by atoms with Crippen LogP contribution in [0.4, 0.5) is 5.82 Å². The van der Waals surface area contributed by atoms with Crippen LogP contribution in [0.5, 0.6) is 0 Å². The highest BCUT2D eigenvalue weighted by molar-refractivity contribution is 7.11. The Balaban J connectivity index is 1.54. The van der Waals surface area contributed by atoms with Crippen LogP contribution in [0.3, 0.4) is 0 Å². The molecule has 124 valence electrons. The first kappa shape index (κ1) is 16.1. The van der Waals surface area contributed by atoms with Gasteiger partial charge in [0.2, 0.25) is 0 Å².